The minimum atomic E-state index is -1.38. The first-order chi connectivity index (χ1) is 4.95. The van der Waals surface area contributed by atoms with Crippen LogP contribution in [0, 0.1) is 0 Å². The number of rotatable bonds is 2. The Kier molecular flexibility index (Phi) is 3.17. The Bertz CT molecular complexity index is 206. The van der Waals surface area contributed by atoms with E-state index in [0.717, 1.165) is 0 Å². The van der Waals surface area contributed by atoms with Crippen LogP contribution in [-0.2, 0) is 14.3 Å². The van der Waals surface area contributed by atoms with E-state index in [9.17, 15) is 14.0 Å². The molecule has 0 bridgehead atoms. The Hall–Kier alpha value is -1.45. The minimum absolute atomic E-state index is 0.0274. The fourth-order valence-corrected chi connectivity index (χ4v) is 0.227. The highest BCUT2D eigenvalue weighted by atomic mass is 19.1. The van der Waals surface area contributed by atoms with Crippen LogP contribution in [0.5, 0.6) is 0 Å². The van der Waals surface area contributed by atoms with Gasteiger partial charge in [-0.25, -0.2) is 9.59 Å². The summed E-state index contributed by atoms with van der Waals surface area (Å²) in [4.78, 5) is 20.8. The van der Waals surface area contributed by atoms with Crippen molar-refractivity contribution < 1.29 is 18.7 Å². The molecule has 0 N–H and O–H groups in total. The SMILES string of the molecule is C=C(C)C(=O)OC(=O)C(=C)F. The second-order valence-corrected chi connectivity index (χ2v) is 1.86. The normalized spacial score (nSPS) is 8.55. The molecule has 0 unspecified atom stereocenters. The molecule has 0 aliphatic carbocycles. The first-order valence-electron chi connectivity index (χ1n) is 2.71. The van der Waals surface area contributed by atoms with E-state index in [4.69, 9.17) is 0 Å². The van der Waals surface area contributed by atoms with Gasteiger partial charge in [-0.15, -0.1) is 0 Å². The molecule has 0 atom stereocenters. The molecule has 4 heteroatoms. The van der Waals surface area contributed by atoms with E-state index in [-0.39, 0.29) is 5.57 Å². The van der Waals surface area contributed by atoms with Crippen LogP contribution in [0.3, 0.4) is 0 Å². The van der Waals surface area contributed by atoms with Crippen molar-refractivity contribution in [3.8, 4) is 0 Å². The third-order valence-corrected chi connectivity index (χ3v) is 0.755. The lowest BCUT2D eigenvalue weighted by Crippen LogP contribution is -2.12. The van der Waals surface area contributed by atoms with Crippen LogP contribution in [0.2, 0.25) is 0 Å². The summed E-state index contributed by atoms with van der Waals surface area (Å²) in [6.07, 6.45) is 0. The molecule has 0 aromatic rings. The van der Waals surface area contributed by atoms with E-state index in [1.807, 2.05) is 0 Å². The van der Waals surface area contributed by atoms with E-state index >= 15 is 0 Å². The average Bonchev–Trinajstić information content (AvgIpc) is 1.87. The van der Waals surface area contributed by atoms with Crippen molar-refractivity contribution in [3.63, 3.8) is 0 Å². The van der Waals surface area contributed by atoms with Gasteiger partial charge in [0.15, 0.2) is 0 Å². The largest absolute Gasteiger partial charge is 0.384 e. The van der Waals surface area contributed by atoms with Gasteiger partial charge in [0.05, 0.1) is 0 Å². The van der Waals surface area contributed by atoms with Gasteiger partial charge < -0.3 is 4.74 Å². The zero-order valence-electron chi connectivity index (χ0n) is 6.02. The number of esters is 2. The zero-order valence-corrected chi connectivity index (χ0v) is 6.02. The number of carbonyl (C=O) groups excluding carboxylic acids is 2. The highest BCUT2D eigenvalue weighted by Gasteiger charge is 2.13. The van der Waals surface area contributed by atoms with Gasteiger partial charge in [-0.1, -0.05) is 13.2 Å². The Morgan fingerprint density at radius 3 is 2.00 bits per heavy atom. The molecule has 0 spiro atoms. The summed E-state index contributed by atoms with van der Waals surface area (Å²) < 4.78 is 15.8. The summed E-state index contributed by atoms with van der Waals surface area (Å²) >= 11 is 0. The molecule has 0 radical (unpaired) electrons. The quantitative estimate of drug-likeness (QED) is 0.343. The highest BCUT2D eigenvalue weighted by Crippen LogP contribution is 1.99. The third-order valence-electron chi connectivity index (χ3n) is 0.755. The van der Waals surface area contributed by atoms with Crippen molar-refractivity contribution in [2.75, 3.05) is 0 Å². The third kappa shape index (κ3) is 3.30. The molecule has 0 amide bonds. The van der Waals surface area contributed by atoms with Crippen LogP contribution in [-0.4, -0.2) is 11.9 Å². The van der Waals surface area contributed by atoms with Gasteiger partial charge in [0.25, 0.3) is 0 Å². The molecule has 0 saturated carbocycles. The maximum Gasteiger partial charge on any atom is 0.374 e. The summed E-state index contributed by atoms with van der Waals surface area (Å²) in [5, 5.41) is 0. The molecule has 0 saturated heterocycles. The van der Waals surface area contributed by atoms with Gasteiger partial charge in [0.2, 0.25) is 5.83 Å². The van der Waals surface area contributed by atoms with Crippen molar-refractivity contribution >= 4 is 11.9 Å². The van der Waals surface area contributed by atoms with Crippen LogP contribution in [0.1, 0.15) is 6.92 Å². The maximum atomic E-state index is 11.9. The van der Waals surface area contributed by atoms with Gasteiger partial charge in [-0.05, 0) is 6.92 Å². The maximum absolute atomic E-state index is 11.9. The second-order valence-electron chi connectivity index (χ2n) is 1.86. The van der Waals surface area contributed by atoms with E-state index in [2.05, 4.69) is 17.9 Å². The second kappa shape index (κ2) is 3.65. The van der Waals surface area contributed by atoms with Crippen LogP contribution in [0.25, 0.3) is 0 Å². The van der Waals surface area contributed by atoms with E-state index in [0.29, 0.717) is 0 Å². The lowest BCUT2D eigenvalue weighted by molar-refractivity contribution is -0.155. The molecular weight excluding hydrogens is 151 g/mol. The van der Waals surface area contributed by atoms with Gasteiger partial charge in [0.1, 0.15) is 0 Å². The Morgan fingerprint density at radius 1 is 1.27 bits per heavy atom. The molecule has 0 aromatic carbocycles. The molecule has 0 rings (SSSR count). The van der Waals surface area contributed by atoms with Crippen LogP contribution in [0.15, 0.2) is 24.6 Å². The standard InChI is InChI=1S/C7H7FO3/c1-4(2)6(9)11-7(10)5(3)8/h1,3H2,2H3. The molecule has 3 nitrogen and oxygen atoms in total. The lowest BCUT2D eigenvalue weighted by atomic mass is 10.4. The Balaban J connectivity index is 4.07. The summed E-state index contributed by atoms with van der Waals surface area (Å²) in [6, 6.07) is 0. The van der Waals surface area contributed by atoms with Crippen molar-refractivity contribution in [2.45, 2.75) is 6.92 Å². The molecule has 0 aliphatic rings. The summed E-state index contributed by atoms with van der Waals surface area (Å²) in [6.45, 7) is 7.18. The fraction of sp³-hybridized carbons (Fsp3) is 0.143. The molecular formula is C7H7FO3. The van der Waals surface area contributed by atoms with Crippen molar-refractivity contribution in [3.05, 3.63) is 24.6 Å². The van der Waals surface area contributed by atoms with E-state index < -0.39 is 17.8 Å². The van der Waals surface area contributed by atoms with Crippen LogP contribution in [0.4, 0.5) is 4.39 Å². The van der Waals surface area contributed by atoms with Crippen molar-refractivity contribution in [1.82, 2.24) is 0 Å². The predicted molar refractivity (Wildman–Crippen MR) is 36.2 cm³/mol. The molecule has 60 valence electrons. The van der Waals surface area contributed by atoms with Gasteiger partial charge in [0, 0.05) is 5.57 Å². The smallest absolute Gasteiger partial charge is 0.374 e. The fourth-order valence-electron chi connectivity index (χ4n) is 0.227. The Labute approximate surface area is 63.2 Å². The average molecular weight is 158 g/mol. The highest BCUT2D eigenvalue weighted by molar-refractivity contribution is 5.99. The molecule has 0 aliphatic heterocycles. The summed E-state index contributed by atoms with van der Waals surface area (Å²) in [5.74, 6) is -3.63. The minimum Gasteiger partial charge on any atom is -0.384 e. The van der Waals surface area contributed by atoms with E-state index in [1.165, 1.54) is 6.92 Å². The number of ether oxygens (including phenoxy) is 1. The number of hydrogen-bond donors (Lipinski definition) is 0. The van der Waals surface area contributed by atoms with Gasteiger partial charge in [-0.2, -0.15) is 4.39 Å². The molecule has 0 fully saturated rings. The zero-order chi connectivity index (χ0) is 9.02. The van der Waals surface area contributed by atoms with Gasteiger partial charge >= 0.3 is 11.9 Å². The van der Waals surface area contributed by atoms with E-state index in [1.54, 1.807) is 0 Å². The molecule has 0 aromatic heterocycles. The van der Waals surface area contributed by atoms with Crippen molar-refractivity contribution in [1.29, 1.82) is 0 Å². The first kappa shape index (κ1) is 9.55. The van der Waals surface area contributed by atoms with Gasteiger partial charge in [-0.3, -0.25) is 0 Å². The topological polar surface area (TPSA) is 43.4 Å². The monoisotopic (exact) mass is 158 g/mol. The molecule has 0 heterocycles. The Morgan fingerprint density at radius 2 is 1.73 bits per heavy atom. The predicted octanol–water partition coefficient (Wildman–Crippen LogP) is 1.12. The number of halogens is 1. The van der Waals surface area contributed by atoms with Crippen molar-refractivity contribution in [2.24, 2.45) is 0 Å². The summed E-state index contributed by atoms with van der Waals surface area (Å²) in [5.41, 5.74) is 0.0274. The molecule has 11 heavy (non-hydrogen) atoms. The number of hydrogen-bond acceptors (Lipinski definition) is 3. The summed E-state index contributed by atoms with van der Waals surface area (Å²) in [7, 11) is 0. The first-order valence-corrected chi connectivity index (χ1v) is 2.71. The van der Waals surface area contributed by atoms with Crippen LogP contribution >= 0.6 is 0 Å². The van der Waals surface area contributed by atoms with Crippen LogP contribution < -0.4 is 0 Å². The lowest BCUT2D eigenvalue weighted by Gasteiger charge is -1.97. The number of carbonyl (C=O) groups is 2.